The van der Waals surface area contributed by atoms with Crippen molar-refractivity contribution in [2.24, 2.45) is 7.05 Å². The largest absolute Gasteiger partial charge is 0.390 e. The van der Waals surface area contributed by atoms with Crippen molar-refractivity contribution in [3.8, 4) is 11.4 Å². The molecule has 1 heterocycles. The Morgan fingerprint density at radius 3 is 2.81 bits per heavy atom. The molecule has 0 aliphatic rings. The molecule has 0 aliphatic carbocycles. The van der Waals surface area contributed by atoms with Crippen molar-refractivity contribution in [2.75, 3.05) is 0 Å². The fraction of sp³-hybridized carbons (Fsp3) is 0.182. The first kappa shape index (κ1) is 11.6. The molecule has 16 heavy (non-hydrogen) atoms. The van der Waals surface area contributed by atoms with Crippen LogP contribution in [0.25, 0.3) is 11.4 Å². The van der Waals surface area contributed by atoms with E-state index in [-0.39, 0.29) is 6.61 Å². The summed E-state index contributed by atoms with van der Waals surface area (Å²) in [6.45, 7) is -0.0883. The average molecular weight is 302 g/mol. The second kappa shape index (κ2) is 4.57. The zero-order chi connectivity index (χ0) is 11.7. The van der Waals surface area contributed by atoms with Crippen LogP contribution >= 0.6 is 27.5 Å². The number of aromatic nitrogens is 2. The average Bonchev–Trinajstić information content (AvgIpc) is 2.56. The normalized spacial score (nSPS) is 10.8. The third-order valence-electron chi connectivity index (χ3n) is 2.32. The van der Waals surface area contributed by atoms with E-state index in [1.54, 1.807) is 0 Å². The molecule has 1 aromatic heterocycles. The molecule has 0 saturated carbocycles. The van der Waals surface area contributed by atoms with Crippen LogP contribution in [0.15, 0.2) is 28.9 Å². The van der Waals surface area contributed by atoms with Crippen molar-refractivity contribution >= 4 is 27.5 Å². The Kier molecular flexibility index (Phi) is 3.33. The van der Waals surface area contributed by atoms with E-state index < -0.39 is 0 Å². The van der Waals surface area contributed by atoms with Crippen molar-refractivity contribution < 1.29 is 5.11 Å². The van der Waals surface area contributed by atoms with Gasteiger partial charge in [-0.25, -0.2) is 4.98 Å². The molecule has 5 heteroatoms. The van der Waals surface area contributed by atoms with Gasteiger partial charge in [0.2, 0.25) is 0 Å². The summed E-state index contributed by atoms with van der Waals surface area (Å²) in [7, 11) is 1.88. The Labute approximate surface area is 107 Å². The Morgan fingerprint density at radius 1 is 1.50 bits per heavy atom. The van der Waals surface area contributed by atoms with Crippen molar-refractivity contribution in [1.82, 2.24) is 9.55 Å². The number of hydrogen-bond acceptors (Lipinski definition) is 2. The number of aliphatic hydroxyl groups excluding tert-OH is 1. The summed E-state index contributed by atoms with van der Waals surface area (Å²) in [4.78, 5) is 4.35. The number of aliphatic hydroxyl groups is 1. The molecule has 0 amide bonds. The molecule has 0 aliphatic heterocycles. The summed E-state index contributed by atoms with van der Waals surface area (Å²) >= 11 is 9.31. The van der Waals surface area contributed by atoms with Gasteiger partial charge in [-0.2, -0.15) is 0 Å². The van der Waals surface area contributed by atoms with Crippen LogP contribution < -0.4 is 0 Å². The van der Waals surface area contributed by atoms with Gasteiger partial charge in [-0.05, 0) is 28.1 Å². The molecule has 2 rings (SSSR count). The molecule has 1 N–H and O–H groups in total. The summed E-state index contributed by atoms with van der Waals surface area (Å²) in [6, 6.07) is 7.47. The van der Waals surface area contributed by atoms with Crippen LogP contribution in [-0.4, -0.2) is 14.7 Å². The molecule has 0 atom stereocenters. The van der Waals surface area contributed by atoms with Gasteiger partial charge in [0.1, 0.15) is 10.4 Å². The van der Waals surface area contributed by atoms with Crippen LogP contribution in [0.5, 0.6) is 0 Å². The van der Waals surface area contributed by atoms with E-state index >= 15 is 0 Å². The highest BCUT2D eigenvalue weighted by atomic mass is 79.9. The summed E-state index contributed by atoms with van der Waals surface area (Å²) in [6.07, 6.45) is 0. The fourth-order valence-electron chi connectivity index (χ4n) is 1.52. The van der Waals surface area contributed by atoms with Crippen LogP contribution in [-0.2, 0) is 13.7 Å². The van der Waals surface area contributed by atoms with E-state index in [1.807, 2.05) is 35.9 Å². The molecular weight excluding hydrogens is 291 g/mol. The Hall–Kier alpha value is -0.840. The third kappa shape index (κ3) is 2.00. The first-order valence-electron chi connectivity index (χ1n) is 4.71. The van der Waals surface area contributed by atoms with Gasteiger partial charge >= 0.3 is 0 Å². The quantitative estimate of drug-likeness (QED) is 0.926. The number of nitrogens with zero attached hydrogens (tertiary/aromatic N) is 2. The second-order valence-electron chi connectivity index (χ2n) is 3.40. The van der Waals surface area contributed by atoms with Gasteiger partial charge in [0.05, 0.1) is 12.3 Å². The van der Waals surface area contributed by atoms with Crippen LogP contribution in [0.3, 0.4) is 0 Å². The Balaban J connectivity index is 2.56. The van der Waals surface area contributed by atoms with Crippen LogP contribution in [0.4, 0.5) is 0 Å². The predicted octanol–water partition coefficient (Wildman–Crippen LogP) is 3.00. The van der Waals surface area contributed by atoms with Crippen molar-refractivity contribution in [1.29, 1.82) is 0 Å². The van der Waals surface area contributed by atoms with E-state index in [0.29, 0.717) is 10.7 Å². The second-order valence-corrected chi connectivity index (χ2v) is 4.59. The van der Waals surface area contributed by atoms with Crippen LogP contribution in [0, 0.1) is 0 Å². The fourth-order valence-corrected chi connectivity index (χ4v) is 2.09. The van der Waals surface area contributed by atoms with Gasteiger partial charge in [-0.1, -0.05) is 23.7 Å². The minimum atomic E-state index is -0.0883. The zero-order valence-electron chi connectivity index (χ0n) is 8.61. The van der Waals surface area contributed by atoms with Crippen molar-refractivity contribution in [3.63, 3.8) is 0 Å². The van der Waals surface area contributed by atoms with E-state index in [1.165, 1.54) is 0 Å². The molecular formula is C11H10BrClN2O. The lowest BCUT2D eigenvalue weighted by Gasteiger charge is -2.02. The highest BCUT2D eigenvalue weighted by Gasteiger charge is 2.13. The van der Waals surface area contributed by atoms with Gasteiger partial charge in [-0.15, -0.1) is 0 Å². The Bertz CT molecular complexity index is 525. The van der Waals surface area contributed by atoms with E-state index in [9.17, 15) is 0 Å². The standard InChI is InChI=1S/C11H10BrClN2O/c1-15-10(12)9(6-16)14-11(15)7-3-2-4-8(13)5-7/h2-5,16H,6H2,1H3. The van der Waals surface area contributed by atoms with Gasteiger partial charge in [0, 0.05) is 17.6 Å². The maximum atomic E-state index is 9.13. The maximum Gasteiger partial charge on any atom is 0.141 e. The first-order chi connectivity index (χ1) is 7.63. The molecule has 1 aromatic carbocycles. The first-order valence-corrected chi connectivity index (χ1v) is 5.88. The molecule has 0 fully saturated rings. The van der Waals surface area contributed by atoms with Gasteiger partial charge < -0.3 is 9.67 Å². The Morgan fingerprint density at radius 2 is 2.25 bits per heavy atom. The van der Waals surface area contributed by atoms with Crippen LogP contribution in [0.1, 0.15) is 5.69 Å². The molecule has 0 radical (unpaired) electrons. The van der Waals surface area contributed by atoms with Crippen molar-refractivity contribution in [2.45, 2.75) is 6.61 Å². The molecule has 0 unspecified atom stereocenters. The minimum Gasteiger partial charge on any atom is -0.390 e. The number of imidazole rings is 1. The zero-order valence-corrected chi connectivity index (χ0v) is 11.0. The molecule has 0 spiro atoms. The highest BCUT2D eigenvalue weighted by Crippen LogP contribution is 2.26. The maximum absolute atomic E-state index is 9.13. The number of hydrogen-bond donors (Lipinski definition) is 1. The van der Waals surface area contributed by atoms with Crippen molar-refractivity contribution in [3.05, 3.63) is 39.6 Å². The minimum absolute atomic E-state index is 0.0883. The van der Waals surface area contributed by atoms with E-state index in [2.05, 4.69) is 20.9 Å². The van der Waals surface area contributed by atoms with Crippen LogP contribution in [0.2, 0.25) is 5.02 Å². The molecule has 0 bridgehead atoms. The summed E-state index contributed by atoms with van der Waals surface area (Å²) < 4.78 is 2.65. The number of halogens is 2. The molecule has 84 valence electrons. The van der Waals surface area contributed by atoms with E-state index in [4.69, 9.17) is 16.7 Å². The lowest BCUT2D eigenvalue weighted by atomic mass is 10.2. The van der Waals surface area contributed by atoms with E-state index in [0.717, 1.165) is 16.0 Å². The summed E-state index contributed by atoms with van der Waals surface area (Å²) in [5, 5.41) is 9.79. The molecule has 3 nitrogen and oxygen atoms in total. The predicted molar refractivity (Wildman–Crippen MR) is 67.3 cm³/mol. The topological polar surface area (TPSA) is 38.0 Å². The lowest BCUT2D eigenvalue weighted by Crippen LogP contribution is -1.92. The SMILES string of the molecule is Cn1c(-c2cccc(Cl)c2)nc(CO)c1Br. The lowest BCUT2D eigenvalue weighted by molar-refractivity contribution is 0.276. The highest BCUT2D eigenvalue weighted by molar-refractivity contribution is 9.10. The van der Waals surface area contributed by atoms with Gasteiger partial charge in [-0.3, -0.25) is 0 Å². The summed E-state index contributed by atoms with van der Waals surface area (Å²) in [5.74, 6) is 0.776. The molecule has 2 aromatic rings. The molecule has 0 saturated heterocycles. The van der Waals surface area contributed by atoms with Gasteiger partial charge in [0.15, 0.2) is 0 Å². The summed E-state index contributed by atoms with van der Waals surface area (Å²) in [5.41, 5.74) is 1.55. The third-order valence-corrected chi connectivity index (χ3v) is 3.55. The number of benzene rings is 1. The van der Waals surface area contributed by atoms with Gasteiger partial charge in [0.25, 0.3) is 0 Å². The number of rotatable bonds is 2. The monoisotopic (exact) mass is 300 g/mol. The smallest absolute Gasteiger partial charge is 0.141 e.